The minimum Gasteiger partial charge on any atom is -0.368 e. The van der Waals surface area contributed by atoms with Crippen LogP contribution >= 0.6 is 11.6 Å². The Morgan fingerprint density at radius 3 is 2.91 bits per heavy atom. The van der Waals surface area contributed by atoms with Crippen LogP contribution in [0.1, 0.15) is 17.2 Å². The van der Waals surface area contributed by atoms with Gasteiger partial charge >= 0.3 is 0 Å². The van der Waals surface area contributed by atoms with Gasteiger partial charge in [0.2, 0.25) is 0 Å². The molecule has 0 unspecified atom stereocenters. The first kappa shape index (κ1) is 7.14. The quantitative estimate of drug-likeness (QED) is 0.588. The van der Waals surface area contributed by atoms with Crippen LogP contribution < -0.4 is 0 Å². The average molecular weight is 169 g/mol. The fourth-order valence-electron chi connectivity index (χ4n) is 1.14. The molecular formula is C9H9ClO. The lowest BCUT2D eigenvalue weighted by atomic mass is 10.1. The summed E-state index contributed by atoms with van der Waals surface area (Å²) < 4.78 is 5.15. The number of ether oxygens (including phenoxy) is 1. The van der Waals surface area contributed by atoms with Gasteiger partial charge < -0.3 is 4.74 Å². The second-order valence-corrected chi connectivity index (χ2v) is 3.25. The molecule has 2 heteroatoms. The van der Waals surface area contributed by atoms with Crippen molar-refractivity contribution in [1.82, 2.24) is 0 Å². The van der Waals surface area contributed by atoms with E-state index < -0.39 is 0 Å². The molecule has 1 atom stereocenters. The molecule has 1 fully saturated rings. The van der Waals surface area contributed by atoms with Crippen molar-refractivity contribution < 1.29 is 4.74 Å². The van der Waals surface area contributed by atoms with Crippen molar-refractivity contribution in [2.24, 2.45) is 0 Å². The summed E-state index contributed by atoms with van der Waals surface area (Å²) in [4.78, 5) is 0. The van der Waals surface area contributed by atoms with Crippen LogP contribution in [0.3, 0.4) is 0 Å². The van der Waals surface area contributed by atoms with E-state index >= 15 is 0 Å². The average Bonchev–Trinajstić information content (AvgIpc) is 2.76. The second-order valence-electron chi connectivity index (χ2n) is 2.85. The Hall–Kier alpha value is -0.530. The Morgan fingerprint density at radius 2 is 2.27 bits per heavy atom. The molecule has 0 radical (unpaired) electrons. The molecule has 0 aliphatic carbocycles. The fourth-order valence-corrected chi connectivity index (χ4v) is 1.38. The van der Waals surface area contributed by atoms with Gasteiger partial charge in [-0.25, -0.2) is 0 Å². The lowest BCUT2D eigenvalue weighted by Crippen LogP contribution is -1.83. The third-order valence-electron chi connectivity index (χ3n) is 1.83. The molecule has 1 saturated heterocycles. The maximum atomic E-state index is 5.95. The number of aryl methyl sites for hydroxylation is 1. The highest BCUT2D eigenvalue weighted by Crippen LogP contribution is 2.34. The molecule has 1 nitrogen and oxygen atoms in total. The largest absolute Gasteiger partial charge is 0.368 e. The topological polar surface area (TPSA) is 12.5 Å². The lowest BCUT2D eigenvalue weighted by molar-refractivity contribution is 0.415. The van der Waals surface area contributed by atoms with Gasteiger partial charge in [-0.1, -0.05) is 29.3 Å². The van der Waals surface area contributed by atoms with Gasteiger partial charge in [-0.2, -0.15) is 0 Å². The maximum Gasteiger partial charge on any atom is 0.107 e. The minimum absolute atomic E-state index is 0.266. The van der Waals surface area contributed by atoms with Gasteiger partial charge in [0.1, 0.15) is 6.10 Å². The molecule has 0 aromatic heterocycles. The highest BCUT2D eigenvalue weighted by atomic mass is 35.5. The number of hydrogen-bond acceptors (Lipinski definition) is 1. The molecule has 1 aromatic carbocycles. The van der Waals surface area contributed by atoms with Crippen LogP contribution in [0.15, 0.2) is 18.2 Å². The highest BCUT2D eigenvalue weighted by Gasteiger charge is 2.26. The summed E-state index contributed by atoms with van der Waals surface area (Å²) >= 11 is 5.95. The zero-order valence-electron chi connectivity index (χ0n) is 6.30. The summed E-state index contributed by atoms with van der Waals surface area (Å²) in [5.41, 5.74) is 2.37. The third-order valence-corrected chi connectivity index (χ3v) is 2.18. The Balaban J connectivity index is 2.42. The molecule has 0 N–H and O–H groups in total. The van der Waals surface area contributed by atoms with Gasteiger partial charge in [0.25, 0.3) is 0 Å². The molecule has 1 heterocycles. The van der Waals surface area contributed by atoms with Gasteiger partial charge in [0, 0.05) is 10.6 Å². The van der Waals surface area contributed by atoms with E-state index in [1.807, 2.05) is 12.1 Å². The zero-order chi connectivity index (χ0) is 7.84. The molecule has 1 aliphatic rings. The van der Waals surface area contributed by atoms with Gasteiger partial charge in [-0.3, -0.25) is 0 Å². The summed E-state index contributed by atoms with van der Waals surface area (Å²) in [5.74, 6) is 0. The van der Waals surface area contributed by atoms with Crippen LogP contribution in [0.4, 0.5) is 0 Å². The summed E-state index contributed by atoms with van der Waals surface area (Å²) in [5, 5.41) is 0.818. The lowest BCUT2D eigenvalue weighted by Gasteiger charge is -2.00. The first-order valence-electron chi connectivity index (χ1n) is 3.65. The predicted octanol–water partition coefficient (Wildman–Crippen LogP) is 2.72. The number of benzene rings is 1. The predicted molar refractivity (Wildman–Crippen MR) is 44.9 cm³/mol. The van der Waals surface area contributed by atoms with Crippen LogP contribution in [0.25, 0.3) is 0 Å². The fraction of sp³-hybridized carbons (Fsp3) is 0.333. The van der Waals surface area contributed by atoms with Crippen molar-refractivity contribution in [1.29, 1.82) is 0 Å². The van der Waals surface area contributed by atoms with Gasteiger partial charge in [-0.15, -0.1) is 0 Å². The number of hydrogen-bond donors (Lipinski definition) is 0. The van der Waals surface area contributed by atoms with E-state index in [2.05, 4.69) is 13.0 Å². The van der Waals surface area contributed by atoms with Crippen molar-refractivity contribution >= 4 is 11.6 Å². The maximum absolute atomic E-state index is 5.95. The summed E-state index contributed by atoms with van der Waals surface area (Å²) in [6, 6.07) is 6.02. The second kappa shape index (κ2) is 2.50. The summed E-state index contributed by atoms with van der Waals surface area (Å²) in [6.45, 7) is 2.88. The number of halogens is 1. The molecule has 0 amide bonds. The van der Waals surface area contributed by atoms with Crippen molar-refractivity contribution in [3.05, 3.63) is 34.3 Å². The molecule has 1 aliphatic heterocycles. The highest BCUT2D eigenvalue weighted by molar-refractivity contribution is 6.31. The standard InChI is InChI=1S/C9H9ClO/c1-6-2-3-8(10)7(4-6)9-5-11-9/h2-4,9H,5H2,1H3/t9-/m1/s1. The van der Waals surface area contributed by atoms with E-state index in [0.717, 1.165) is 17.2 Å². The van der Waals surface area contributed by atoms with Crippen molar-refractivity contribution in [3.63, 3.8) is 0 Å². The van der Waals surface area contributed by atoms with Crippen LogP contribution in [-0.4, -0.2) is 6.61 Å². The molecule has 1 aromatic rings. The Labute approximate surface area is 70.9 Å². The van der Waals surface area contributed by atoms with Crippen LogP contribution in [0, 0.1) is 6.92 Å². The number of rotatable bonds is 1. The Morgan fingerprint density at radius 1 is 1.55 bits per heavy atom. The van der Waals surface area contributed by atoms with E-state index in [-0.39, 0.29) is 6.10 Å². The molecular weight excluding hydrogens is 160 g/mol. The van der Waals surface area contributed by atoms with Gasteiger partial charge in [0.05, 0.1) is 6.61 Å². The minimum atomic E-state index is 0.266. The molecule has 0 saturated carbocycles. The smallest absolute Gasteiger partial charge is 0.107 e. The SMILES string of the molecule is Cc1ccc(Cl)c([C@H]2CO2)c1. The van der Waals surface area contributed by atoms with Crippen LogP contribution in [-0.2, 0) is 4.74 Å². The molecule has 58 valence electrons. The first-order chi connectivity index (χ1) is 5.27. The zero-order valence-corrected chi connectivity index (χ0v) is 7.06. The first-order valence-corrected chi connectivity index (χ1v) is 4.03. The number of epoxide rings is 1. The van der Waals surface area contributed by atoms with E-state index in [4.69, 9.17) is 16.3 Å². The van der Waals surface area contributed by atoms with Gasteiger partial charge in [0.15, 0.2) is 0 Å². The molecule has 0 spiro atoms. The third kappa shape index (κ3) is 1.39. The summed E-state index contributed by atoms with van der Waals surface area (Å²) in [7, 11) is 0. The van der Waals surface area contributed by atoms with E-state index in [9.17, 15) is 0 Å². The Bertz CT molecular complexity index is 279. The molecule has 2 rings (SSSR count). The molecule has 0 bridgehead atoms. The van der Waals surface area contributed by atoms with Crippen LogP contribution in [0.5, 0.6) is 0 Å². The van der Waals surface area contributed by atoms with Crippen molar-refractivity contribution in [2.45, 2.75) is 13.0 Å². The molecule has 11 heavy (non-hydrogen) atoms. The monoisotopic (exact) mass is 168 g/mol. The Kier molecular flexibility index (Phi) is 1.63. The van der Waals surface area contributed by atoms with Crippen LogP contribution in [0.2, 0.25) is 5.02 Å². The normalized spacial score (nSPS) is 21.8. The van der Waals surface area contributed by atoms with E-state index in [0.29, 0.717) is 0 Å². The van der Waals surface area contributed by atoms with E-state index in [1.165, 1.54) is 5.56 Å². The summed E-state index contributed by atoms with van der Waals surface area (Å²) in [6.07, 6.45) is 0.266. The van der Waals surface area contributed by atoms with Gasteiger partial charge in [-0.05, 0) is 13.0 Å². The van der Waals surface area contributed by atoms with E-state index in [1.54, 1.807) is 0 Å². The van der Waals surface area contributed by atoms with Crippen molar-refractivity contribution in [2.75, 3.05) is 6.61 Å². The van der Waals surface area contributed by atoms with Crippen molar-refractivity contribution in [3.8, 4) is 0 Å².